The summed E-state index contributed by atoms with van der Waals surface area (Å²) in [5.41, 5.74) is 9.76. The van der Waals surface area contributed by atoms with Gasteiger partial charge in [0.2, 0.25) is 5.91 Å². The predicted molar refractivity (Wildman–Crippen MR) is 51.3 cm³/mol. The van der Waals surface area contributed by atoms with E-state index in [1.54, 1.807) is 25.5 Å². The summed E-state index contributed by atoms with van der Waals surface area (Å²) in [6, 6.07) is 0. The molecule has 4 N–H and O–H groups in total. The summed E-state index contributed by atoms with van der Waals surface area (Å²) in [7, 11) is 0. The first-order valence-corrected chi connectivity index (χ1v) is 4.30. The molecule has 0 radical (unpaired) electrons. The van der Waals surface area contributed by atoms with Crippen LogP contribution in [0, 0.1) is 13.8 Å². The van der Waals surface area contributed by atoms with Crippen molar-refractivity contribution in [1.82, 2.24) is 14.8 Å². The van der Waals surface area contributed by atoms with Crippen molar-refractivity contribution in [2.45, 2.75) is 32.9 Å². The van der Waals surface area contributed by atoms with Crippen molar-refractivity contribution >= 4 is 5.91 Å². The van der Waals surface area contributed by atoms with Crippen LogP contribution in [0.25, 0.3) is 0 Å². The molecule has 14 heavy (non-hydrogen) atoms. The lowest BCUT2D eigenvalue weighted by Gasteiger charge is -2.20. The van der Waals surface area contributed by atoms with Gasteiger partial charge in [0.15, 0.2) is 0 Å². The number of primary amides is 1. The van der Waals surface area contributed by atoms with Gasteiger partial charge in [0.05, 0.1) is 6.54 Å². The van der Waals surface area contributed by atoms with Crippen molar-refractivity contribution in [3.8, 4) is 0 Å². The van der Waals surface area contributed by atoms with E-state index in [0.29, 0.717) is 5.82 Å². The van der Waals surface area contributed by atoms with Crippen LogP contribution in [0.3, 0.4) is 0 Å². The monoisotopic (exact) mass is 197 g/mol. The van der Waals surface area contributed by atoms with Crippen molar-refractivity contribution in [3.63, 3.8) is 0 Å². The maximum Gasteiger partial charge on any atom is 0.239 e. The fourth-order valence-electron chi connectivity index (χ4n) is 1.10. The van der Waals surface area contributed by atoms with Crippen molar-refractivity contribution in [3.05, 3.63) is 11.6 Å². The third-order valence-electron chi connectivity index (χ3n) is 2.00. The summed E-state index contributed by atoms with van der Waals surface area (Å²) in [6.07, 6.45) is 0. The Morgan fingerprint density at radius 1 is 1.57 bits per heavy atom. The Morgan fingerprint density at radius 2 is 2.14 bits per heavy atom. The Kier molecular flexibility index (Phi) is 2.57. The number of carbonyl (C=O) groups is 1. The first kappa shape index (κ1) is 10.6. The molecule has 0 fully saturated rings. The molecule has 1 rings (SSSR count). The minimum absolute atomic E-state index is 0.245. The minimum atomic E-state index is -1.09. The normalized spacial score (nSPS) is 15.1. The molecule has 0 saturated carbocycles. The second kappa shape index (κ2) is 3.38. The van der Waals surface area contributed by atoms with E-state index in [9.17, 15) is 4.79 Å². The number of amides is 1. The number of nitrogens with zero attached hydrogens (tertiary/aromatic N) is 3. The average molecular weight is 197 g/mol. The van der Waals surface area contributed by atoms with E-state index in [4.69, 9.17) is 11.5 Å². The molecule has 0 aromatic carbocycles. The van der Waals surface area contributed by atoms with E-state index in [1.807, 2.05) is 0 Å². The molecule has 0 aliphatic rings. The van der Waals surface area contributed by atoms with Crippen molar-refractivity contribution in [2.24, 2.45) is 11.5 Å². The topological polar surface area (TPSA) is 99.8 Å². The molecule has 0 aliphatic heterocycles. The summed E-state index contributed by atoms with van der Waals surface area (Å²) in [6.45, 7) is 5.40. The first-order chi connectivity index (χ1) is 6.33. The molecular weight excluding hydrogens is 182 g/mol. The Bertz CT molecular complexity index is 355. The maximum absolute atomic E-state index is 11.0. The molecule has 0 saturated heterocycles. The number of nitrogens with two attached hydrogens (primary N) is 2. The van der Waals surface area contributed by atoms with Gasteiger partial charge in [-0.2, -0.15) is 5.10 Å². The number of rotatable bonds is 3. The van der Waals surface area contributed by atoms with Crippen LogP contribution in [0.15, 0.2) is 0 Å². The molecule has 6 nitrogen and oxygen atoms in total. The SMILES string of the molecule is Cc1nc(C)n(CC(C)(N)C(N)=O)n1. The third-order valence-corrected chi connectivity index (χ3v) is 2.00. The lowest BCUT2D eigenvalue weighted by molar-refractivity contribution is -0.123. The Balaban J connectivity index is 2.88. The molecule has 0 aliphatic carbocycles. The van der Waals surface area contributed by atoms with E-state index in [0.717, 1.165) is 5.82 Å². The highest BCUT2D eigenvalue weighted by Gasteiger charge is 2.27. The average Bonchev–Trinajstić information content (AvgIpc) is 2.29. The van der Waals surface area contributed by atoms with Crippen molar-refractivity contribution in [1.29, 1.82) is 0 Å². The van der Waals surface area contributed by atoms with Crippen LogP contribution in [-0.4, -0.2) is 26.2 Å². The van der Waals surface area contributed by atoms with Crippen LogP contribution in [0.1, 0.15) is 18.6 Å². The Hall–Kier alpha value is -1.43. The largest absolute Gasteiger partial charge is 0.368 e. The lowest BCUT2D eigenvalue weighted by atomic mass is 10.0. The summed E-state index contributed by atoms with van der Waals surface area (Å²) in [5.74, 6) is 0.827. The van der Waals surface area contributed by atoms with Crippen LogP contribution < -0.4 is 11.5 Å². The molecule has 1 aromatic rings. The van der Waals surface area contributed by atoms with Gasteiger partial charge in [0, 0.05) is 0 Å². The second-order valence-corrected chi connectivity index (χ2v) is 3.65. The van der Waals surface area contributed by atoms with Crippen LogP contribution >= 0.6 is 0 Å². The van der Waals surface area contributed by atoms with E-state index < -0.39 is 11.4 Å². The highest BCUT2D eigenvalue weighted by molar-refractivity contribution is 5.83. The minimum Gasteiger partial charge on any atom is -0.368 e. The second-order valence-electron chi connectivity index (χ2n) is 3.65. The van der Waals surface area contributed by atoms with E-state index in [-0.39, 0.29) is 6.54 Å². The first-order valence-electron chi connectivity index (χ1n) is 4.30. The van der Waals surface area contributed by atoms with Gasteiger partial charge >= 0.3 is 0 Å². The van der Waals surface area contributed by atoms with Gasteiger partial charge in [-0.3, -0.25) is 4.79 Å². The number of aromatic nitrogens is 3. The number of aryl methyl sites for hydroxylation is 2. The quantitative estimate of drug-likeness (QED) is 0.655. The van der Waals surface area contributed by atoms with Gasteiger partial charge in [-0.15, -0.1) is 0 Å². The highest BCUT2D eigenvalue weighted by atomic mass is 16.1. The predicted octanol–water partition coefficient (Wildman–Crippen LogP) is -0.902. The number of hydrogen-bond acceptors (Lipinski definition) is 4. The zero-order valence-corrected chi connectivity index (χ0v) is 8.61. The van der Waals surface area contributed by atoms with Gasteiger partial charge in [0.1, 0.15) is 17.2 Å². The molecule has 1 heterocycles. The molecular formula is C8H15N5O. The lowest BCUT2D eigenvalue weighted by Crippen LogP contribution is -2.52. The van der Waals surface area contributed by atoms with Crippen LogP contribution in [0.4, 0.5) is 0 Å². The van der Waals surface area contributed by atoms with Gasteiger partial charge in [-0.1, -0.05) is 0 Å². The van der Waals surface area contributed by atoms with Gasteiger partial charge in [0.25, 0.3) is 0 Å². The van der Waals surface area contributed by atoms with E-state index >= 15 is 0 Å². The fraction of sp³-hybridized carbons (Fsp3) is 0.625. The highest BCUT2D eigenvalue weighted by Crippen LogP contribution is 2.04. The van der Waals surface area contributed by atoms with E-state index in [1.165, 1.54) is 0 Å². The van der Waals surface area contributed by atoms with Crippen LogP contribution in [0.5, 0.6) is 0 Å². The summed E-state index contributed by atoms with van der Waals surface area (Å²) >= 11 is 0. The molecule has 78 valence electrons. The van der Waals surface area contributed by atoms with Crippen LogP contribution in [0.2, 0.25) is 0 Å². The molecule has 0 spiro atoms. The Labute approximate surface area is 82.3 Å². The molecule has 1 amide bonds. The molecule has 1 unspecified atom stereocenters. The van der Waals surface area contributed by atoms with Crippen molar-refractivity contribution in [2.75, 3.05) is 0 Å². The molecule has 1 atom stereocenters. The van der Waals surface area contributed by atoms with Crippen molar-refractivity contribution < 1.29 is 4.79 Å². The smallest absolute Gasteiger partial charge is 0.239 e. The summed E-state index contributed by atoms with van der Waals surface area (Å²) < 4.78 is 1.58. The zero-order chi connectivity index (χ0) is 10.9. The van der Waals surface area contributed by atoms with E-state index in [2.05, 4.69) is 10.1 Å². The summed E-state index contributed by atoms with van der Waals surface area (Å²) in [5, 5.41) is 4.10. The van der Waals surface area contributed by atoms with Gasteiger partial charge < -0.3 is 11.5 Å². The third kappa shape index (κ3) is 2.08. The molecule has 6 heteroatoms. The van der Waals surface area contributed by atoms with Gasteiger partial charge in [-0.05, 0) is 20.8 Å². The Morgan fingerprint density at radius 3 is 2.50 bits per heavy atom. The maximum atomic E-state index is 11.0. The number of hydrogen-bond donors (Lipinski definition) is 2. The van der Waals surface area contributed by atoms with Crippen LogP contribution in [-0.2, 0) is 11.3 Å². The van der Waals surface area contributed by atoms with Gasteiger partial charge in [-0.25, -0.2) is 9.67 Å². The standard InChI is InChI=1S/C8H15N5O/c1-5-11-6(2)13(12-5)4-8(3,10)7(9)14/h4,10H2,1-3H3,(H2,9,14). The zero-order valence-electron chi connectivity index (χ0n) is 8.61. The fourth-order valence-corrected chi connectivity index (χ4v) is 1.10. The summed E-state index contributed by atoms with van der Waals surface area (Å²) in [4.78, 5) is 15.1. The molecule has 1 aromatic heterocycles. The number of carbonyl (C=O) groups excluding carboxylic acids is 1. The molecule has 0 bridgehead atoms.